The van der Waals surface area contributed by atoms with Gasteiger partial charge in [0.05, 0.1) is 11.1 Å². The molecule has 0 fully saturated rings. The zero-order valence-corrected chi connectivity index (χ0v) is 11.5. The molecular formula is C17H14N2O2. The summed E-state index contributed by atoms with van der Waals surface area (Å²) in [7, 11) is 0. The number of amides is 1. The number of benzene rings is 2. The molecule has 0 atom stereocenters. The number of aromatic nitrogens is 1. The second-order valence-electron chi connectivity index (χ2n) is 4.89. The maximum atomic E-state index is 12.2. The molecule has 4 nitrogen and oxygen atoms in total. The highest BCUT2D eigenvalue weighted by molar-refractivity contribution is 6.06. The number of hydrogen-bond donors (Lipinski definition) is 2. The number of aromatic hydroxyl groups is 1. The van der Waals surface area contributed by atoms with Crippen LogP contribution in [0.25, 0.3) is 10.9 Å². The van der Waals surface area contributed by atoms with Crippen molar-refractivity contribution in [2.24, 2.45) is 0 Å². The van der Waals surface area contributed by atoms with E-state index in [1.807, 2.05) is 31.2 Å². The Labute approximate surface area is 122 Å². The SMILES string of the molecule is Cc1ccc(O)c(C(=O)Nc2ccc3ncccc3c2)c1. The topological polar surface area (TPSA) is 62.2 Å². The molecule has 0 radical (unpaired) electrons. The van der Waals surface area contributed by atoms with E-state index in [0.29, 0.717) is 5.69 Å². The van der Waals surface area contributed by atoms with Crippen molar-refractivity contribution in [1.82, 2.24) is 4.98 Å². The smallest absolute Gasteiger partial charge is 0.259 e. The molecule has 3 aromatic rings. The van der Waals surface area contributed by atoms with Crippen molar-refractivity contribution >= 4 is 22.5 Å². The molecule has 104 valence electrons. The van der Waals surface area contributed by atoms with Gasteiger partial charge < -0.3 is 10.4 Å². The summed E-state index contributed by atoms with van der Waals surface area (Å²) in [6, 6.07) is 14.2. The molecule has 1 aromatic heterocycles. The summed E-state index contributed by atoms with van der Waals surface area (Å²) in [5.74, 6) is -0.361. The predicted octanol–water partition coefficient (Wildman–Crippen LogP) is 3.50. The van der Waals surface area contributed by atoms with Crippen molar-refractivity contribution in [1.29, 1.82) is 0 Å². The molecule has 0 aliphatic rings. The average molecular weight is 278 g/mol. The van der Waals surface area contributed by atoms with E-state index in [2.05, 4.69) is 10.3 Å². The third-order valence-electron chi connectivity index (χ3n) is 3.26. The van der Waals surface area contributed by atoms with Gasteiger partial charge in [-0.1, -0.05) is 17.7 Å². The summed E-state index contributed by atoms with van der Waals surface area (Å²) in [6.07, 6.45) is 1.73. The molecular weight excluding hydrogens is 264 g/mol. The van der Waals surface area contributed by atoms with Crippen LogP contribution in [0, 0.1) is 6.92 Å². The number of pyridine rings is 1. The summed E-state index contributed by atoms with van der Waals surface area (Å²) in [4.78, 5) is 16.5. The fourth-order valence-corrected chi connectivity index (χ4v) is 2.18. The molecule has 3 rings (SSSR count). The van der Waals surface area contributed by atoms with Gasteiger partial charge in [-0.25, -0.2) is 0 Å². The molecule has 0 aliphatic heterocycles. The summed E-state index contributed by atoms with van der Waals surface area (Å²) < 4.78 is 0. The zero-order chi connectivity index (χ0) is 14.8. The van der Waals surface area contributed by atoms with Crippen LogP contribution in [0.4, 0.5) is 5.69 Å². The third kappa shape index (κ3) is 2.69. The van der Waals surface area contributed by atoms with Crippen molar-refractivity contribution in [3.8, 4) is 5.75 Å². The van der Waals surface area contributed by atoms with E-state index >= 15 is 0 Å². The number of carbonyl (C=O) groups is 1. The highest BCUT2D eigenvalue weighted by Gasteiger charge is 2.11. The molecule has 2 aromatic carbocycles. The molecule has 0 aliphatic carbocycles. The molecule has 0 saturated heterocycles. The van der Waals surface area contributed by atoms with E-state index in [-0.39, 0.29) is 17.2 Å². The first-order valence-corrected chi connectivity index (χ1v) is 6.59. The maximum Gasteiger partial charge on any atom is 0.259 e. The van der Waals surface area contributed by atoms with Crippen LogP contribution in [0.15, 0.2) is 54.7 Å². The Kier molecular flexibility index (Phi) is 3.28. The second-order valence-corrected chi connectivity index (χ2v) is 4.89. The lowest BCUT2D eigenvalue weighted by molar-refractivity contribution is 0.102. The van der Waals surface area contributed by atoms with Gasteiger partial charge in [-0.3, -0.25) is 9.78 Å². The van der Waals surface area contributed by atoms with Gasteiger partial charge in [0.2, 0.25) is 0 Å². The summed E-state index contributed by atoms with van der Waals surface area (Å²) in [5, 5.41) is 13.5. The fourth-order valence-electron chi connectivity index (χ4n) is 2.18. The molecule has 2 N–H and O–H groups in total. The van der Waals surface area contributed by atoms with Gasteiger partial charge in [-0.05, 0) is 43.3 Å². The Balaban J connectivity index is 1.90. The maximum absolute atomic E-state index is 12.2. The number of phenolic OH excluding ortho intramolecular Hbond substituents is 1. The summed E-state index contributed by atoms with van der Waals surface area (Å²) in [6.45, 7) is 1.87. The van der Waals surface area contributed by atoms with Crippen LogP contribution < -0.4 is 5.32 Å². The zero-order valence-electron chi connectivity index (χ0n) is 11.5. The molecule has 0 bridgehead atoms. The molecule has 21 heavy (non-hydrogen) atoms. The van der Waals surface area contributed by atoms with Crippen molar-refractivity contribution in [3.05, 3.63) is 65.9 Å². The van der Waals surface area contributed by atoms with Gasteiger partial charge in [-0.15, -0.1) is 0 Å². The normalized spacial score (nSPS) is 10.5. The van der Waals surface area contributed by atoms with Gasteiger partial charge in [0, 0.05) is 17.3 Å². The Morgan fingerprint density at radius 1 is 1.14 bits per heavy atom. The Hall–Kier alpha value is -2.88. The first-order chi connectivity index (χ1) is 10.1. The van der Waals surface area contributed by atoms with E-state index < -0.39 is 0 Å². The largest absolute Gasteiger partial charge is 0.507 e. The Morgan fingerprint density at radius 3 is 2.86 bits per heavy atom. The van der Waals surface area contributed by atoms with Crippen LogP contribution in [0.2, 0.25) is 0 Å². The lowest BCUT2D eigenvalue weighted by Crippen LogP contribution is -2.12. The third-order valence-corrected chi connectivity index (χ3v) is 3.26. The Bertz CT molecular complexity index is 828. The molecule has 4 heteroatoms. The van der Waals surface area contributed by atoms with E-state index in [4.69, 9.17) is 0 Å². The molecule has 0 saturated carbocycles. The molecule has 0 spiro atoms. The number of rotatable bonds is 2. The molecule has 1 amide bonds. The number of aryl methyl sites for hydroxylation is 1. The van der Waals surface area contributed by atoms with Crippen LogP contribution in [-0.2, 0) is 0 Å². The van der Waals surface area contributed by atoms with Gasteiger partial charge in [0.15, 0.2) is 0 Å². The minimum atomic E-state index is -0.334. The van der Waals surface area contributed by atoms with Crippen molar-refractivity contribution in [2.45, 2.75) is 6.92 Å². The number of fused-ring (bicyclic) bond motifs is 1. The van der Waals surface area contributed by atoms with Crippen LogP contribution in [0.3, 0.4) is 0 Å². The van der Waals surface area contributed by atoms with Crippen LogP contribution in [0.1, 0.15) is 15.9 Å². The number of hydrogen-bond acceptors (Lipinski definition) is 3. The Morgan fingerprint density at radius 2 is 2.00 bits per heavy atom. The van der Waals surface area contributed by atoms with E-state index in [9.17, 15) is 9.90 Å². The lowest BCUT2D eigenvalue weighted by Gasteiger charge is -2.08. The van der Waals surface area contributed by atoms with Crippen molar-refractivity contribution < 1.29 is 9.90 Å². The highest BCUT2D eigenvalue weighted by Crippen LogP contribution is 2.21. The minimum Gasteiger partial charge on any atom is -0.507 e. The monoisotopic (exact) mass is 278 g/mol. The highest BCUT2D eigenvalue weighted by atomic mass is 16.3. The van der Waals surface area contributed by atoms with Gasteiger partial charge in [0.1, 0.15) is 5.75 Å². The lowest BCUT2D eigenvalue weighted by atomic mass is 10.1. The summed E-state index contributed by atoms with van der Waals surface area (Å²) in [5.41, 5.74) is 2.72. The van der Waals surface area contributed by atoms with Gasteiger partial charge in [-0.2, -0.15) is 0 Å². The average Bonchev–Trinajstić information content (AvgIpc) is 2.49. The summed E-state index contributed by atoms with van der Waals surface area (Å²) >= 11 is 0. The van der Waals surface area contributed by atoms with Gasteiger partial charge in [0.25, 0.3) is 5.91 Å². The van der Waals surface area contributed by atoms with Gasteiger partial charge >= 0.3 is 0 Å². The second kappa shape index (κ2) is 5.25. The van der Waals surface area contributed by atoms with E-state index in [0.717, 1.165) is 16.5 Å². The first-order valence-electron chi connectivity index (χ1n) is 6.59. The van der Waals surface area contributed by atoms with Crippen LogP contribution in [-0.4, -0.2) is 16.0 Å². The number of phenols is 1. The van der Waals surface area contributed by atoms with E-state index in [1.54, 1.807) is 24.4 Å². The van der Waals surface area contributed by atoms with Crippen molar-refractivity contribution in [3.63, 3.8) is 0 Å². The quantitative estimate of drug-likeness (QED) is 0.754. The number of nitrogens with one attached hydrogen (secondary N) is 1. The predicted molar refractivity (Wildman–Crippen MR) is 82.5 cm³/mol. The number of anilines is 1. The van der Waals surface area contributed by atoms with Crippen LogP contribution in [0.5, 0.6) is 5.75 Å². The number of carbonyl (C=O) groups excluding carboxylic acids is 1. The van der Waals surface area contributed by atoms with Crippen LogP contribution >= 0.6 is 0 Å². The fraction of sp³-hybridized carbons (Fsp3) is 0.0588. The standard InChI is InChI=1S/C17H14N2O2/c1-11-4-7-16(20)14(9-11)17(21)19-13-5-6-15-12(10-13)3-2-8-18-15/h2-10,20H,1H3,(H,19,21). The first kappa shape index (κ1) is 13.1. The molecule has 0 unspecified atom stereocenters. The number of nitrogens with zero attached hydrogens (tertiary/aromatic N) is 1. The van der Waals surface area contributed by atoms with Crippen molar-refractivity contribution in [2.75, 3.05) is 5.32 Å². The van der Waals surface area contributed by atoms with E-state index in [1.165, 1.54) is 6.07 Å². The minimum absolute atomic E-state index is 0.0273. The molecule has 1 heterocycles.